The first-order chi connectivity index (χ1) is 14.7. The van der Waals surface area contributed by atoms with Gasteiger partial charge in [0.1, 0.15) is 5.69 Å². The van der Waals surface area contributed by atoms with Gasteiger partial charge >= 0.3 is 57.6 Å². The van der Waals surface area contributed by atoms with Crippen LogP contribution < -0.4 is 56.5 Å². The monoisotopic (exact) mass is 505 g/mol. The first-order valence-electron chi connectivity index (χ1n) is 10.3. The van der Waals surface area contributed by atoms with Crippen LogP contribution in [0.3, 0.4) is 0 Å². The predicted molar refractivity (Wildman–Crippen MR) is 114 cm³/mol. The number of carboxylic acids is 1. The molecule has 0 spiro atoms. The van der Waals surface area contributed by atoms with Crippen LogP contribution in [0.2, 0.25) is 18.1 Å². The van der Waals surface area contributed by atoms with E-state index in [1.54, 1.807) is 24.3 Å². The summed E-state index contributed by atoms with van der Waals surface area (Å²) < 4.78 is 51.4. The summed E-state index contributed by atoms with van der Waals surface area (Å²) in [5.41, 5.74) is 1.12. The zero-order valence-electron chi connectivity index (χ0n) is 19.7. The standard InChI is InChI=1S/C23H28F3NO4Si.K/c1-22(2,3)32(4,5)31-13-18-16(10-11-19(27-18)23(24,25)26)14-6-8-15(9-7-14)20-17(12-30-20)21(28)29;/h6-11,17,20H,12-13H2,1-5H3,(H,28,29);/q;+1/p-1. The molecule has 174 valence electrons. The second kappa shape index (κ2) is 10.6. The molecule has 1 aliphatic heterocycles. The van der Waals surface area contributed by atoms with E-state index in [-0.39, 0.29) is 75.3 Å². The van der Waals surface area contributed by atoms with Crippen LogP contribution in [0.25, 0.3) is 11.1 Å². The Hall–Kier alpha value is -0.597. The molecule has 0 N–H and O–H groups in total. The van der Waals surface area contributed by atoms with Gasteiger partial charge in [-0.05, 0) is 35.3 Å². The summed E-state index contributed by atoms with van der Waals surface area (Å²) in [6.45, 7) is 10.3. The van der Waals surface area contributed by atoms with Crippen molar-refractivity contribution >= 4 is 14.3 Å². The van der Waals surface area contributed by atoms with Crippen LogP contribution in [0.15, 0.2) is 36.4 Å². The molecule has 2 unspecified atom stereocenters. The van der Waals surface area contributed by atoms with E-state index in [1.807, 2.05) is 13.1 Å². The molecular weight excluding hydrogens is 478 g/mol. The molecule has 0 aliphatic carbocycles. The zero-order valence-corrected chi connectivity index (χ0v) is 23.9. The van der Waals surface area contributed by atoms with Gasteiger partial charge in [-0.2, -0.15) is 13.2 Å². The summed E-state index contributed by atoms with van der Waals surface area (Å²) in [5, 5.41) is 11.0. The molecule has 1 saturated heterocycles. The summed E-state index contributed by atoms with van der Waals surface area (Å²) in [6, 6.07) is 9.24. The van der Waals surface area contributed by atoms with Crippen LogP contribution in [-0.2, 0) is 26.7 Å². The molecule has 33 heavy (non-hydrogen) atoms. The zero-order chi connectivity index (χ0) is 23.9. The maximum atomic E-state index is 13.3. The second-order valence-corrected chi connectivity index (χ2v) is 14.3. The summed E-state index contributed by atoms with van der Waals surface area (Å²) >= 11 is 0. The van der Waals surface area contributed by atoms with Crippen molar-refractivity contribution in [3.05, 3.63) is 53.3 Å². The molecule has 10 heteroatoms. The van der Waals surface area contributed by atoms with E-state index < -0.39 is 38.2 Å². The molecule has 2 atom stereocenters. The Morgan fingerprint density at radius 3 is 2.21 bits per heavy atom. The number of rotatable bonds is 6. The van der Waals surface area contributed by atoms with E-state index in [4.69, 9.17) is 9.16 Å². The van der Waals surface area contributed by atoms with Crippen LogP contribution in [0.5, 0.6) is 0 Å². The molecule has 0 amide bonds. The van der Waals surface area contributed by atoms with Gasteiger partial charge in [-0.1, -0.05) is 51.1 Å². The number of pyridine rings is 1. The number of carbonyl (C=O) groups is 1. The largest absolute Gasteiger partial charge is 1.00 e. The third-order valence-electron chi connectivity index (χ3n) is 6.31. The van der Waals surface area contributed by atoms with Gasteiger partial charge in [0, 0.05) is 11.5 Å². The van der Waals surface area contributed by atoms with Crippen LogP contribution in [0.1, 0.15) is 43.8 Å². The number of nitrogens with zero attached hydrogens (tertiary/aromatic N) is 1. The Labute approximate surface area is 235 Å². The second-order valence-electron chi connectivity index (χ2n) is 9.54. The molecule has 0 bridgehead atoms. The number of carboxylic acid groups (broad SMARTS) is 1. The maximum Gasteiger partial charge on any atom is 1.00 e. The van der Waals surface area contributed by atoms with Gasteiger partial charge in [-0.15, -0.1) is 0 Å². The number of hydrogen-bond acceptors (Lipinski definition) is 5. The number of aliphatic carboxylic acids is 1. The Morgan fingerprint density at radius 2 is 1.76 bits per heavy atom. The van der Waals surface area contributed by atoms with Gasteiger partial charge in [0.05, 0.1) is 30.9 Å². The van der Waals surface area contributed by atoms with E-state index in [0.29, 0.717) is 16.7 Å². The SMILES string of the molecule is CC(C)(C)[Si](C)(C)OCc1nc(C(F)(F)F)ccc1-c1ccc(C2OCC2C(=O)[O-])cc1.[K+]. The first kappa shape index (κ1) is 28.6. The number of aromatic nitrogens is 1. The fourth-order valence-electron chi connectivity index (χ4n) is 3.16. The van der Waals surface area contributed by atoms with Crippen LogP contribution in [0, 0.1) is 5.92 Å². The van der Waals surface area contributed by atoms with Gasteiger partial charge < -0.3 is 19.1 Å². The Bertz CT molecular complexity index is 991. The van der Waals surface area contributed by atoms with Crippen molar-refractivity contribution in [1.29, 1.82) is 0 Å². The van der Waals surface area contributed by atoms with Crippen molar-refractivity contribution in [2.24, 2.45) is 5.92 Å². The minimum absolute atomic E-state index is 0. The normalized spacial score (nSPS) is 18.9. The molecule has 1 aromatic heterocycles. The van der Waals surface area contributed by atoms with E-state index in [9.17, 15) is 23.1 Å². The smallest absolute Gasteiger partial charge is 0.550 e. The Kier molecular flexibility index (Phi) is 9.17. The molecule has 0 radical (unpaired) electrons. The van der Waals surface area contributed by atoms with Crippen molar-refractivity contribution in [1.82, 2.24) is 4.98 Å². The number of halogens is 3. The fourth-order valence-corrected chi connectivity index (χ4v) is 4.09. The summed E-state index contributed by atoms with van der Waals surface area (Å²) in [6.07, 6.45) is -5.14. The topological polar surface area (TPSA) is 71.5 Å². The fraction of sp³-hybridized carbons (Fsp3) is 0.478. The van der Waals surface area contributed by atoms with Gasteiger partial charge in [0.2, 0.25) is 0 Å². The average molecular weight is 506 g/mol. The first-order valence-corrected chi connectivity index (χ1v) is 13.3. The van der Waals surface area contributed by atoms with Crippen LogP contribution in [0.4, 0.5) is 13.2 Å². The van der Waals surface area contributed by atoms with E-state index in [1.165, 1.54) is 6.07 Å². The number of ether oxygens (including phenoxy) is 1. The number of alkyl halides is 3. The van der Waals surface area contributed by atoms with Gasteiger partial charge in [0.15, 0.2) is 8.32 Å². The molecule has 1 fully saturated rings. The molecular formula is C23H27F3KNO4Si. The van der Waals surface area contributed by atoms with Crippen molar-refractivity contribution in [2.45, 2.75) is 57.8 Å². The Balaban J connectivity index is 0.00000385. The molecule has 2 heterocycles. The minimum atomic E-state index is -4.56. The number of hydrogen-bond donors (Lipinski definition) is 0. The number of carbonyl (C=O) groups excluding carboxylic acids is 1. The van der Waals surface area contributed by atoms with Crippen LogP contribution in [-0.4, -0.2) is 25.9 Å². The molecule has 5 nitrogen and oxygen atoms in total. The van der Waals surface area contributed by atoms with E-state index in [0.717, 1.165) is 6.07 Å². The third-order valence-corrected chi connectivity index (χ3v) is 10.8. The third kappa shape index (κ3) is 6.55. The van der Waals surface area contributed by atoms with Gasteiger partial charge in [-0.25, -0.2) is 4.98 Å². The van der Waals surface area contributed by atoms with Crippen molar-refractivity contribution in [3.63, 3.8) is 0 Å². The predicted octanol–water partition coefficient (Wildman–Crippen LogP) is 1.73. The maximum absolute atomic E-state index is 13.3. The van der Waals surface area contributed by atoms with E-state index in [2.05, 4.69) is 25.8 Å². The molecule has 1 aliphatic rings. The van der Waals surface area contributed by atoms with Crippen molar-refractivity contribution < 1.29 is 83.6 Å². The molecule has 1 aromatic carbocycles. The van der Waals surface area contributed by atoms with Crippen LogP contribution >= 0.6 is 0 Å². The molecule has 3 rings (SSSR count). The van der Waals surface area contributed by atoms with E-state index >= 15 is 0 Å². The van der Waals surface area contributed by atoms with Crippen molar-refractivity contribution in [3.8, 4) is 11.1 Å². The minimum Gasteiger partial charge on any atom is -0.550 e. The Morgan fingerprint density at radius 1 is 1.15 bits per heavy atom. The molecule has 2 aromatic rings. The summed E-state index contributed by atoms with van der Waals surface area (Å²) in [7, 11) is -2.21. The average Bonchev–Trinajstić information content (AvgIpc) is 2.64. The molecule has 0 saturated carbocycles. The summed E-state index contributed by atoms with van der Waals surface area (Å²) in [4.78, 5) is 15.0. The number of benzene rings is 1. The summed E-state index contributed by atoms with van der Waals surface area (Å²) in [5.74, 6) is -1.87. The van der Waals surface area contributed by atoms with Gasteiger partial charge in [-0.3, -0.25) is 0 Å². The quantitative estimate of drug-likeness (QED) is 0.560. The van der Waals surface area contributed by atoms with Crippen molar-refractivity contribution in [2.75, 3.05) is 6.61 Å². The van der Waals surface area contributed by atoms with Gasteiger partial charge in [0.25, 0.3) is 0 Å².